The van der Waals surface area contributed by atoms with E-state index < -0.39 is 10.0 Å². The summed E-state index contributed by atoms with van der Waals surface area (Å²) >= 11 is 8.05. The van der Waals surface area contributed by atoms with Crippen LogP contribution in [-0.4, -0.2) is 13.4 Å². The number of halogens is 1. The summed E-state index contributed by atoms with van der Waals surface area (Å²) in [6.45, 7) is 5.69. The summed E-state index contributed by atoms with van der Waals surface area (Å²) in [7, 11) is -3.71. The Balaban J connectivity index is 1.67. The number of benzene rings is 3. The maximum absolute atomic E-state index is 12.8. The molecule has 29 heavy (non-hydrogen) atoms. The number of rotatable bonds is 4. The number of anilines is 1. The summed E-state index contributed by atoms with van der Waals surface area (Å²) in [6, 6.07) is 16.6. The Morgan fingerprint density at radius 2 is 1.66 bits per heavy atom. The molecule has 4 rings (SSSR count). The van der Waals surface area contributed by atoms with Gasteiger partial charge in [0.05, 0.1) is 25.8 Å². The molecule has 1 N–H and O–H groups in total. The maximum atomic E-state index is 12.8. The fraction of sp³-hybridized carbons (Fsp3) is 0.136. The molecule has 1 heterocycles. The summed E-state index contributed by atoms with van der Waals surface area (Å²) < 4.78 is 29.4. The van der Waals surface area contributed by atoms with Crippen LogP contribution in [0.4, 0.5) is 5.69 Å². The Bertz CT molecular complexity index is 1340. The van der Waals surface area contributed by atoms with Crippen LogP contribution in [0.3, 0.4) is 0 Å². The molecular weight excluding hydrogens is 424 g/mol. The number of hydrogen-bond donors (Lipinski definition) is 1. The molecule has 0 fully saturated rings. The number of aryl methyl sites for hydroxylation is 3. The third-order valence-electron chi connectivity index (χ3n) is 4.63. The fourth-order valence-corrected chi connectivity index (χ4v) is 5.92. The second kappa shape index (κ2) is 7.44. The predicted octanol–water partition coefficient (Wildman–Crippen LogP) is 6.34. The number of nitrogens with zero attached hydrogens (tertiary/aromatic N) is 1. The molecular formula is C22H19ClN2O2S2. The molecule has 0 atom stereocenters. The largest absolute Gasteiger partial charge is 0.280 e. The van der Waals surface area contributed by atoms with Crippen LogP contribution < -0.4 is 4.72 Å². The minimum atomic E-state index is -3.71. The smallest absolute Gasteiger partial charge is 0.262 e. The molecule has 0 bridgehead atoms. The third-order valence-corrected chi connectivity index (χ3v) is 7.52. The van der Waals surface area contributed by atoms with Gasteiger partial charge in [0.2, 0.25) is 0 Å². The summed E-state index contributed by atoms with van der Waals surface area (Å²) in [5, 5.41) is 1.25. The van der Waals surface area contributed by atoms with Gasteiger partial charge >= 0.3 is 0 Å². The average molecular weight is 443 g/mol. The second-order valence-corrected chi connectivity index (χ2v) is 10.1. The number of sulfonamides is 1. The monoisotopic (exact) mass is 442 g/mol. The zero-order valence-electron chi connectivity index (χ0n) is 16.2. The lowest BCUT2D eigenvalue weighted by Crippen LogP contribution is -2.14. The molecule has 0 saturated heterocycles. The van der Waals surface area contributed by atoms with Gasteiger partial charge in [0.15, 0.2) is 0 Å². The number of fused-ring (bicyclic) bond motifs is 1. The molecule has 1 aromatic heterocycles. The molecule has 0 radical (unpaired) electrons. The minimum Gasteiger partial charge on any atom is -0.280 e. The van der Waals surface area contributed by atoms with E-state index in [1.54, 1.807) is 48.6 Å². The Morgan fingerprint density at radius 3 is 2.41 bits per heavy atom. The lowest BCUT2D eigenvalue weighted by atomic mass is 10.2. The van der Waals surface area contributed by atoms with Crippen molar-refractivity contribution in [3.8, 4) is 10.6 Å². The molecule has 148 valence electrons. The normalized spacial score (nSPS) is 11.7. The standard InChI is InChI=1S/C22H19ClN2O2S2/c1-13-5-9-19-20(10-13)28-22(24-19)17-8-7-16(12-18(17)23)25-29(26,27)21-11-14(2)4-6-15(21)3/h4-12,25H,1-3H3. The highest BCUT2D eigenvalue weighted by atomic mass is 35.5. The predicted molar refractivity (Wildman–Crippen MR) is 122 cm³/mol. The van der Waals surface area contributed by atoms with E-state index in [-0.39, 0.29) is 4.90 Å². The van der Waals surface area contributed by atoms with E-state index in [0.717, 1.165) is 26.4 Å². The van der Waals surface area contributed by atoms with E-state index in [9.17, 15) is 8.42 Å². The lowest BCUT2D eigenvalue weighted by Gasteiger charge is -2.12. The van der Waals surface area contributed by atoms with Crippen LogP contribution in [-0.2, 0) is 10.0 Å². The lowest BCUT2D eigenvalue weighted by molar-refractivity contribution is 0.600. The van der Waals surface area contributed by atoms with Gasteiger partial charge in [-0.2, -0.15) is 0 Å². The van der Waals surface area contributed by atoms with Gasteiger partial charge in [-0.15, -0.1) is 11.3 Å². The molecule has 3 aromatic carbocycles. The Labute approximate surface area is 179 Å². The van der Waals surface area contributed by atoms with Gasteiger partial charge in [0, 0.05) is 5.56 Å². The van der Waals surface area contributed by atoms with Crippen LogP contribution in [0, 0.1) is 20.8 Å². The number of nitrogens with one attached hydrogen (secondary N) is 1. The van der Waals surface area contributed by atoms with Gasteiger partial charge < -0.3 is 0 Å². The zero-order valence-corrected chi connectivity index (χ0v) is 18.5. The van der Waals surface area contributed by atoms with Crippen molar-refractivity contribution in [3.05, 3.63) is 76.3 Å². The highest BCUT2D eigenvalue weighted by molar-refractivity contribution is 7.92. The SMILES string of the molecule is Cc1ccc(C)c(S(=O)(=O)Nc2ccc(-c3nc4ccc(C)cc4s3)c(Cl)c2)c1. The molecule has 0 spiro atoms. The van der Waals surface area contributed by atoms with Crippen LogP contribution in [0.25, 0.3) is 20.8 Å². The van der Waals surface area contributed by atoms with Gasteiger partial charge in [-0.3, -0.25) is 4.72 Å². The van der Waals surface area contributed by atoms with Crippen LogP contribution in [0.1, 0.15) is 16.7 Å². The van der Waals surface area contributed by atoms with Crippen LogP contribution in [0.5, 0.6) is 0 Å². The van der Waals surface area contributed by atoms with Gasteiger partial charge in [0.1, 0.15) is 5.01 Å². The van der Waals surface area contributed by atoms with Crippen LogP contribution >= 0.6 is 22.9 Å². The molecule has 4 nitrogen and oxygen atoms in total. The molecule has 0 aliphatic rings. The summed E-state index contributed by atoms with van der Waals surface area (Å²) in [4.78, 5) is 4.92. The molecule has 0 saturated carbocycles. The number of aromatic nitrogens is 1. The van der Waals surface area contributed by atoms with Crippen molar-refractivity contribution in [1.82, 2.24) is 4.98 Å². The molecule has 0 aliphatic carbocycles. The van der Waals surface area contributed by atoms with Crippen molar-refractivity contribution in [2.45, 2.75) is 25.7 Å². The topological polar surface area (TPSA) is 59.1 Å². The summed E-state index contributed by atoms with van der Waals surface area (Å²) in [5.74, 6) is 0. The first-order chi connectivity index (χ1) is 13.7. The van der Waals surface area contributed by atoms with Crippen molar-refractivity contribution in [2.24, 2.45) is 0 Å². The van der Waals surface area contributed by atoms with E-state index in [1.165, 1.54) is 5.56 Å². The molecule has 0 unspecified atom stereocenters. The highest BCUT2D eigenvalue weighted by Gasteiger charge is 2.18. The summed E-state index contributed by atoms with van der Waals surface area (Å²) in [6.07, 6.45) is 0. The minimum absolute atomic E-state index is 0.263. The van der Waals surface area contributed by atoms with Crippen molar-refractivity contribution < 1.29 is 8.42 Å². The van der Waals surface area contributed by atoms with E-state index in [4.69, 9.17) is 11.6 Å². The Hall–Kier alpha value is -2.41. The van der Waals surface area contributed by atoms with E-state index in [2.05, 4.69) is 15.8 Å². The Kier molecular flexibility index (Phi) is 5.11. The number of thiazole rings is 1. The van der Waals surface area contributed by atoms with Gasteiger partial charge in [-0.25, -0.2) is 13.4 Å². The summed E-state index contributed by atoms with van der Waals surface area (Å²) in [5.41, 5.74) is 4.86. The van der Waals surface area contributed by atoms with Crippen molar-refractivity contribution in [3.63, 3.8) is 0 Å². The van der Waals surface area contributed by atoms with E-state index >= 15 is 0 Å². The quantitative estimate of drug-likeness (QED) is 0.401. The van der Waals surface area contributed by atoms with Crippen molar-refractivity contribution in [2.75, 3.05) is 4.72 Å². The zero-order chi connectivity index (χ0) is 20.8. The van der Waals surface area contributed by atoms with Gasteiger partial charge in [0.25, 0.3) is 10.0 Å². The van der Waals surface area contributed by atoms with Crippen molar-refractivity contribution >= 4 is 48.9 Å². The first kappa shape index (κ1) is 19.9. The number of hydrogen-bond acceptors (Lipinski definition) is 4. The molecule has 0 amide bonds. The van der Waals surface area contributed by atoms with Gasteiger partial charge in [-0.05, 0) is 73.9 Å². The molecule has 7 heteroatoms. The van der Waals surface area contributed by atoms with E-state index in [1.807, 2.05) is 32.0 Å². The van der Waals surface area contributed by atoms with Gasteiger partial charge in [-0.1, -0.05) is 29.8 Å². The average Bonchev–Trinajstić information content (AvgIpc) is 3.06. The first-order valence-corrected chi connectivity index (χ1v) is 11.7. The van der Waals surface area contributed by atoms with Crippen molar-refractivity contribution in [1.29, 1.82) is 0 Å². The highest BCUT2D eigenvalue weighted by Crippen LogP contribution is 2.36. The third kappa shape index (κ3) is 4.01. The molecule has 0 aliphatic heterocycles. The van der Waals surface area contributed by atoms with Crippen LogP contribution in [0.15, 0.2) is 59.5 Å². The van der Waals surface area contributed by atoms with Crippen LogP contribution in [0.2, 0.25) is 5.02 Å². The fourth-order valence-electron chi connectivity index (χ4n) is 3.11. The van der Waals surface area contributed by atoms with E-state index in [0.29, 0.717) is 16.3 Å². The molecule has 4 aromatic rings. The Morgan fingerprint density at radius 1 is 0.931 bits per heavy atom. The maximum Gasteiger partial charge on any atom is 0.262 e. The second-order valence-electron chi connectivity index (χ2n) is 7.06. The first-order valence-electron chi connectivity index (χ1n) is 9.00.